The van der Waals surface area contributed by atoms with Crippen molar-refractivity contribution in [2.24, 2.45) is 0 Å². The molecule has 1 saturated heterocycles. The first-order chi connectivity index (χ1) is 8.05. The standard InChI is InChI=1S/C12H16BrNO2S/c1-2-11-4-3-9-14(11)17(15,16)12-7-5-10(13)6-8-12/h5-8,11H,2-4,9H2,1H3. The van der Waals surface area contributed by atoms with Crippen LogP contribution in [0.3, 0.4) is 0 Å². The van der Waals surface area contributed by atoms with E-state index < -0.39 is 10.0 Å². The highest BCUT2D eigenvalue weighted by Gasteiger charge is 2.33. The van der Waals surface area contributed by atoms with Crippen LogP contribution in [0, 0.1) is 0 Å². The molecule has 1 fully saturated rings. The fraction of sp³-hybridized carbons (Fsp3) is 0.500. The van der Waals surface area contributed by atoms with Gasteiger partial charge in [-0.15, -0.1) is 0 Å². The molecule has 0 aromatic heterocycles. The Kier molecular flexibility index (Phi) is 3.90. The quantitative estimate of drug-likeness (QED) is 0.859. The Morgan fingerprint density at radius 1 is 1.35 bits per heavy atom. The predicted octanol–water partition coefficient (Wildman–Crippen LogP) is 3.01. The van der Waals surface area contributed by atoms with Crippen molar-refractivity contribution in [3.05, 3.63) is 28.7 Å². The predicted molar refractivity (Wildman–Crippen MR) is 71.3 cm³/mol. The Labute approximate surface area is 111 Å². The van der Waals surface area contributed by atoms with Crippen molar-refractivity contribution in [2.45, 2.75) is 37.1 Å². The van der Waals surface area contributed by atoms with Gasteiger partial charge in [-0.2, -0.15) is 4.31 Å². The summed E-state index contributed by atoms with van der Waals surface area (Å²) in [6.07, 6.45) is 2.83. The summed E-state index contributed by atoms with van der Waals surface area (Å²) < 4.78 is 27.4. The SMILES string of the molecule is CCC1CCCN1S(=O)(=O)c1ccc(Br)cc1. The Balaban J connectivity index is 2.33. The maximum atomic E-state index is 12.4. The molecular weight excluding hydrogens is 302 g/mol. The molecule has 1 aromatic carbocycles. The summed E-state index contributed by atoms with van der Waals surface area (Å²) in [7, 11) is -3.30. The van der Waals surface area contributed by atoms with Gasteiger partial charge in [0.2, 0.25) is 10.0 Å². The summed E-state index contributed by atoms with van der Waals surface area (Å²) in [5.74, 6) is 0. The van der Waals surface area contributed by atoms with Crippen LogP contribution in [0.15, 0.2) is 33.6 Å². The Morgan fingerprint density at radius 2 is 2.00 bits per heavy atom. The lowest BCUT2D eigenvalue weighted by Gasteiger charge is -2.22. The van der Waals surface area contributed by atoms with E-state index in [2.05, 4.69) is 15.9 Å². The van der Waals surface area contributed by atoms with E-state index in [4.69, 9.17) is 0 Å². The van der Waals surface area contributed by atoms with E-state index in [0.717, 1.165) is 23.7 Å². The Morgan fingerprint density at radius 3 is 2.59 bits per heavy atom. The number of halogens is 1. The van der Waals surface area contributed by atoms with Gasteiger partial charge in [-0.05, 0) is 43.5 Å². The third-order valence-electron chi connectivity index (χ3n) is 3.21. The number of hydrogen-bond donors (Lipinski definition) is 0. The maximum absolute atomic E-state index is 12.4. The molecule has 0 saturated carbocycles. The normalized spacial score (nSPS) is 21.9. The fourth-order valence-corrected chi connectivity index (χ4v) is 4.31. The van der Waals surface area contributed by atoms with Gasteiger partial charge in [0.15, 0.2) is 0 Å². The van der Waals surface area contributed by atoms with Crippen LogP contribution in [0.4, 0.5) is 0 Å². The largest absolute Gasteiger partial charge is 0.243 e. The topological polar surface area (TPSA) is 37.4 Å². The second-order valence-corrected chi connectivity index (χ2v) is 7.08. The van der Waals surface area contributed by atoms with Crippen molar-refractivity contribution < 1.29 is 8.42 Å². The molecule has 1 atom stereocenters. The molecule has 1 unspecified atom stereocenters. The number of rotatable bonds is 3. The van der Waals surface area contributed by atoms with E-state index >= 15 is 0 Å². The average molecular weight is 318 g/mol. The summed E-state index contributed by atoms with van der Waals surface area (Å²) in [5.41, 5.74) is 0. The van der Waals surface area contributed by atoms with Gasteiger partial charge in [0.1, 0.15) is 0 Å². The smallest absolute Gasteiger partial charge is 0.207 e. The van der Waals surface area contributed by atoms with Crippen LogP contribution in [0.2, 0.25) is 0 Å². The van der Waals surface area contributed by atoms with Crippen LogP contribution in [0.1, 0.15) is 26.2 Å². The molecule has 1 aromatic rings. The molecule has 5 heteroatoms. The first kappa shape index (κ1) is 13.1. The monoisotopic (exact) mass is 317 g/mol. The molecule has 0 amide bonds. The molecule has 2 rings (SSSR count). The summed E-state index contributed by atoms with van der Waals surface area (Å²) >= 11 is 3.31. The second-order valence-electron chi connectivity index (χ2n) is 4.27. The molecule has 1 aliphatic rings. The highest BCUT2D eigenvalue weighted by Crippen LogP contribution is 2.28. The van der Waals surface area contributed by atoms with Crippen molar-refractivity contribution in [3.63, 3.8) is 0 Å². The van der Waals surface area contributed by atoms with Crippen LogP contribution >= 0.6 is 15.9 Å². The second kappa shape index (κ2) is 5.08. The zero-order chi connectivity index (χ0) is 12.5. The van der Waals surface area contributed by atoms with E-state index in [9.17, 15) is 8.42 Å². The molecule has 1 heterocycles. The highest BCUT2D eigenvalue weighted by molar-refractivity contribution is 9.10. The van der Waals surface area contributed by atoms with Crippen molar-refractivity contribution in [2.75, 3.05) is 6.54 Å². The van der Waals surface area contributed by atoms with Crippen LogP contribution in [-0.4, -0.2) is 25.3 Å². The molecule has 0 spiro atoms. The van der Waals surface area contributed by atoms with Crippen LogP contribution in [0.25, 0.3) is 0 Å². The van der Waals surface area contributed by atoms with E-state index in [1.807, 2.05) is 6.92 Å². The van der Waals surface area contributed by atoms with Gasteiger partial charge >= 0.3 is 0 Å². The van der Waals surface area contributed by atoms with Crippen LogP contribution in [-0.2, 0) is 10.0 Å². The third kappa shape index (κ3) is 2.56. The molecular formula is C12H16BrNO2S. The third-order valence-corrected chi connectivity index (χ3v) is 5.71. The average Bonchev–Trinajstić information content (AvgIpc) is 2.78. The fourth-order valence-electron chi connectivity index (χ4n) is 2.28. The van der Waals surface area contributed by atoms with Crippen molar-refractivity contribution in [1.29, 1.82) is 0 Å². The lowest BCUT2D eigenvalue weighted by atomic mass is 10.2. The van der Waals surface area contributed by atoms with Gasteiger partial charge in [-0.3, -0.25) is 0 Å². The van der Waals surface area contributed by atoms with Gasteiger partial charge in [-0.25, -0.2) is 8.42 Å². The number of hydrogen-bond acceptors (Lipinski definition) is 2. The van der Waals surface area contributed by atoms with Crippen LogP contribution in [0.5, 0.6) is 0 Å². The van der Waals surface area contributed by atoms with Crippen molar-refractivity contribution in [1.82, 2.24) is 4.31 Å². The molecule has 0 radical (unpaired) electrons. The van der Waals surface area contributed by atoms with Gasteiger partial charge in [0.05, 0.1) is 4.90 Å². The first-order valence-electron chi connectivity index (χ1n) is 5.83. The molecule has 1 aliphatic heterocycles. The van der Waals surface area contributed by atoms with E-state index in [-0.39, 0.29) is 6.04 Å². The van der Waals surface area contributed by atoms with Gasteiger partial charge in [0.25, 0.3) is 0 Å². The van der Waals surface area contributed by atoms with E-state index in [1.165, 1.54) is 0 Å². The summed E-state index contributed by atoms with van der Waals surface area (Å²) in [6, 6.07) is 7.02. The van der Waals surface area contributed by atoms with Crippen molar-refractivity contribution in [3.8, 4) is 0 Å². The van der Waals surface area contributed by atoms with E-state index in [1.54, 1.807) is 28.6 Å². The number of benzene rings is 1. The Hall–Kier alpha value is -0.390. The molecule has 94 valence electrons. The van der Waals surface area contributed by atoms with Gasteiger partial charge in [0, 0.05) is 17.1 Å². The highest BCUT2D eigenvalue weighted by atomic mass is 79.9. The molecule has 0 aliphatic carbocycles. The minimum atomic E-state index is -3.30. The summed E-state index contributed by atoms with van der Waals surface area (Å²) in [4.78, 5) is 0.390. The molecule has 17 heavy (non-hydrogen) atoms. The zero-order valence-corrected chi connectivity index (χ0v) is 12.2. The molecule has 0 bridgehead atoms. The lowest BCUT2D eigenvalue weighted by Crippen LogP contribution is -2.35. The summed E-state index contributed by atoms with van der Waals surface area (Å²) in [6.45, 7) is 2.69. The lowest BCUT2D eigenvalue weighted by molar-refractivity contribution is 0.379. The number of nitrogens with zero attached hydrogens (tertiary/aromatic N) is 1. The van der Waals surface area contributed by atoms with Gasteiger partial charge < -0.3 is 0 Å². The number of sulfonamides is 1. The Bertz CT molecular complexity index is 484. The minimum absolute atomic E-state index is 0.170. The summed E-state index contributed by atoms with van der Waals surface area (Å²) in [5, 5.41) is 0. The first-order valence-corrected chi connectivity index (χ1v) is 8.06. The molecule has 0 N–H and O–H groups in total. The van der Waals surface area contributed by atoms with Crippen molar-refractivity contribution >= 4 is 26.0 Å². The minimum Gasteiger partial charge on any atom is -0.207 e. The van der Waals surface area contributed by atoms with Crippen LogP contribution < -0.4 is 0 Å². The molecule has 3 nitrogen and oxygen atoms in total. The zero-order valence-electron chi connectivity index (χ0n) is 9.77. The maximum Gasteiger partial charge on any atom is 0.243 e. The van der Waals surface area contributed by atoms with E-state index in [0.29, 0.717) is 11.4 Å². The van der Waals surface area contributed by atoms with Gasteiger partial charge in [-0.1, -0.05) is 22.9 Å².